The molecular weight excluding hydrogens is 302 g/mol. The summed E-state index contributed by atoms with van der Waals surface area (Å²) >= 11 is 11.2. The third-order valence-electron chi connectivity index (χ3n) is 3.06. The minimum absolute atomic E-state index is 0.344. The maximum absolute atomic E-state index is 13.2. The number of hydrogen-bond acceptors (Lipinski definition) is 1. The Kier molecular flexibility index (Phi) is 3.31. The fourth-order valence-electron chi connectivity index (χ4n) is 2.10. The summed E-state index contributed by atoms with van der Waals surface area (Å²) in [6.07, 6.45) is 0. The second kappa shape index (κ2) is 5.00. The number of hydrogen-bond donors (Lipinski definition) is 1. The predicted molar refractivity (Wildman–Crippen MR) is 77.6 cm³/mol. The topological polar surface area (TPSA) is 20.7 Å². The number of rotatable bonds is 2. The molecule has 1 aromatic heterocycles. The monoisotopic (exact) mass is 310 g/mol. The van der Waals surface area contributed by atoms with Crippen molar-refractivity contribution in [2.45, 2.75) is 6.54 Å². The van der Waals surface area contributed by atoms with Gasteiger partial charge in [0.1, 0.15) is 0 Å². The Bertz CT molecular complexity index is 854. The Morgan fingerprint density at radius 1 is 1.10 bits per heavy atom. The van der Waals surface area contributed by atoms with E-state index in [4.69, 9.17) is 23.8 Å². The molecular formula is C14H9ClF2N2S. The molecule has 0 amide bonds. The smallest absolute Gasteiger partial charge is 0.178 e. The van der Waals surface area contributed by atoms with Crippen LogP contribution in [0.4, 0.5) is 8.78 Å². The number of fused-ring (bicyclic) bond motifs is 1. The molecule has 2 nitrogen and oxygen atoms in total. The Morgan fingerprint density at radius 2 is 1.90 bits per heavy atom. The highest BCUT2D eigenvalue weighted by Crippen LogP contribution is 2.21. The van der Waals surface area contributed by atoms with Gasteiger partial charge < -0.3 is 9.55 Å². The average molecular weight is 311 g/mol. The molecule has 102 valence electrons. The third-order valence-corrected chi connectivity index (χ3v) is 3.62. The summed E-state index contributed by atoms with van der Waals surface area (Å²) in [6.45, 7) is 0.344. The molecule has 0 radical (unpaired) electrons. The highest BCUT2D eigenvalue weighted by atomic mass is 35.5. The van der Waals surface area contributed by atoms with Crippen LogP contribution in [0.15, 0.2) is 36.4 Å². The summed E-state index contributed by atoms with van der Waals surface area (Å²) in [5.41, 5.74) is 2.30. The van der Waals surface area contributed by atoms with Crippen molar-refractivity contribution >= 4 is 34.9 Å². The molecule has 20 heavy (non-hydrogen) atoms. The lowest BCUT2D eigenvalue weighted by molar-refractivity contribution is 0.506. The van der Waals surface area contributed by atoms with E-state index >= 15 is 0 Å². The molecule has 0 bridgehead atoms. The maximum Gasteiger partial charge on any atom is 0.178 e. The number of aromatic nitrogens is 2. The summed E-state index contributed by atoms with van der Waals surface area (Å²) in [4.78, 5) is 3.05. The molecule has 3 rings (SSSR count). The van der Waals surface area contributed by atoms with E-state index in [0.29, 0.717) is 21.9 Å². The number of H-pyrrole nitrogens is 1. The van der Waals surface area contributed by atoms with E-state index in [-0.39, 0.29) is 0 Å². The number of imidazole rings is 1. The van der Waals surface area contributed by atoms with Crippen molar-refractivity contribution < 1.29 is 8.78 Å². The van der Waals surface area contributed by atoms with E-state index in [1.165, 1.54) is 12.1 Å². The quantitative estimate of drug-likeness (QED) is 0.682. The van der Waals surface area contributed by atoms with Gasteiger partial charge in [-0.15, -0.1) is 0 Å². The van der Waals surface area contributed by atoms with E-state index in [1.54, 1.807) is 16.7 Å². The van der Waals surface area contributed by atoms with Gasteiger partial charge in [0.15, 0.2) is 16.4 Å². The lowest BCUT2D eigenvalue weighted by Gasteiger charge is -2.05. The van der Waals surface area contributed by atoms with E-state index in [0.717, 1.165) is 17.1 Å². The van der Waals surface area contributed by atoms with E-state index in [2.05, 4.69) is 4.98 Å². The van der Waals surface area contributed by atoms with Crippen LogP contribution in [-0.2, 0) is 6.54 Å². The Labute approximate surface area is 123 Å². The SMILES string of the molecule is Fc1ccc(Cn2c(=S)[nH]c3ccc(Cl)cc32)cc1F. The van der Waals surface area contributed by atoms with Crippen LogP contribution in [0.5, 0.6) is 0 Å². The van der Waals surface area contributed by atoms with Crippen molar-refractivity contribution in [3.05, 3.63) is 63.4 Å². The first kappa shape index (κ1) is 13.3. The highest BCUT2D eigenvalue weighted by Gasteiger charge is 2.08. The van der Waals surface area contributed by atoms with Crippen LogP contribution in [0, 0.1) is 16.4 Å². The zero-order valence-corrected chi connectivity index (χ0v) is 11.7. The lowest BCUT2D eigenvalue weighted by Crippen LogP contribution is -2.00. The molecule has 0 unspecified atom stereocenters. The average Bonchev–Trinajstić information content (AvgIpc) is 2.70. The highest BCUT2D eigenvalue weighted by molar-refractivity contribution is 7.71. The summed E-state index contributed by atoms with van der Waals surface area (Å²) in [5, 5.41) is 0.588. The van der Waals surface area contributed by atoms with Crippen molar-refractivity contribution in [2.24, 2.45) is 0 Å². The van der Waals surface area contributed by atoms with Gasteiger partial charge in [-0.1, -0.05) is 17.7 Å². The van der Waals surface area contributed by atoms with Gasteiger partial charge in [0.2, 0.25) is 0 Å². The minimum Gasteiger partial charge on any atom is -0.331 e. The maximum atomic E-state index is 13.2. The van der Waals surface area contributed by atoms with Gasteiger partial charge in [-0.05, 0) is 48.1 Å². The van der Waals surface area contributed by atoms with Crippen LogP contribution in [0.1, 0.15) is 5.56 Å². The zero-order chi connectivity index (χ0) is 14.3. The van der Waals surface area contributed by atoms with Gasteiger partial charge in [-0.3, -0.25) is 0 Å². The molecule has 1 heterocycles. The minimum atomic E-state index is -0.869. The largest absolute Gasteiger partial charge is 0.331 e. The lowest BCUT2D eigenvalue weighted by atomic mass is 10.2. The first-order valence-electron chi connectivity index (χ1n) is 5.86. The molecule has 2 aromatic carbocycles. The normalized spacial score (nSPS) is 11.2. The number of nitrogens with one attached hydrogen (secondary N) is 1. The number of aromatic amines is 1. The van der Waals surface area contributed by atoms with Crippen molar-refractivity contribution in [3.8, 4) is 0 Å². The van der Waals surface area contributed by atoms with Crippen LogP contribution in [0.2, 0.25) is 5.02 Å². The van der Waals surface area contributed by atoms with E-state index in [1.807, 2.05) is 6.07 Å². The molecule has 0 fully saturated rings. The molecule has 0 saturated heterocycles. The van der Waals surface area contributed by atoms with Crippen LogP contribution < -0.4 is 0 Å². The molecule has 0 aliphatic heterocycles. The fourth-order valence-corrected chi connectivity index (χ4v) is 2.54. The molecule has 0 atom stereocenters. The van der Waals surface area contributed by atoms with Crippen molar-refractivity contribution in [3.63, 3.8) is 0 Å². The molecule has 1 N–H and O–H groups in total. The standard InChI is InChI=1S/C14H9ClF2N2S/c15-9-2-4-12-13(6-9)19(14(20)18-12)7-8-1-3-10(16)11(17)5-8/h1-6H,7H2,(H,18,20). The Hall–Kier alpha value is -1.72. The van der Waals surface area contributed by atoms with Crippen LogP contribution in [-0.4, -0.2) is 9.55 Å². The molecule has 3 aromatic rings. The van der Waals surface area contributed by atoms with Gasteiger partial charge in [0.05, 0.1) is 17.6 Å². The van der Waals surface area contributed by atoms with Gasteiger partial charge in [0.25, 0.3) is 0 Å². The van der Waals surface area contributed by atoms with Gasteiger partial charge >= 0.3 is 0 Å². The molecule has 0 saturated carbocycles. The van der Waals surface area contributed by atoms with Crippen molar-refractivity contribution in [1.29, 1.82) is 0 Å². The summed E-state index contributed by atoms with van der Waals surface area (Å²) in [7, 11) is 0. The number of halogens is 3. The number of benzene rings is 2. The molecule has 0 spiro atoms. The van der Waals surface area contributed by atoms with Gasteiger partial charge in [-0.25, -0.2) is 8.78 Å². The second-order valence-corrected chi connectivity index (χ2v) is 5.25. The fraction of sp³-hybridized carbons (Fsp3) is 0.0714. The first-order chi connectivity index (χ1) is 9.54. The zero-order valence-electron chi connectivity index (χ0n) is 10.2. The van der Waals surface area contributed by atoms with Crippen LogP contribution in [0.3, 0.4) is 0 Å². The van der Waals surface area contributed by atoms with Gasteiger partial charge in [-0.2, -0.15) is 0 Å². The van der Waals surface area contributed by atoms with Crippen LogP contribution >= 0.6 is 23.8 Å². The van der Waals surface area contributed by atoms with Crippen LogP contribution in [0.25, 0.3) is 11.0 Å². The summed E-state index contributed by atoms with van der Waals surface area (Å²) < 4.78 is 28.5. The van der Waals surface area contributed by atoms with Crippen molar-refractivity contribution in [1.82, 2.24) is 9.55 Å². The van der Waals surface area contributed by atoms with Crippen molar-refractivity contribution in [2.75, 3.05) is 0 Å². The predicted octanol–water partition coefficient (Wildman–Crippen LogP) is 4.68. The van der Waals surface area contributed by atoms with E-state index < -0.39 is 11.6 Å². The summed E-state index contributed by atoms with van der Waals surface area (Å²) in [6, 6.07) is 9.18. The number of nitrogens with zero attached hydrogens (tertiary/aromatic N) is 1. The Balaban J connectivity index is 2.10. The molecule has 6 heteroatoms. The summed E-state index contributed by atoms with van der Waals surface area (Å²) in [5.74, 6) is -1.73. The molecule has 0 aliphatic carbocycles. The Morgan fingerprint density at radius 3 is 2.65 bits per heavy atom. The first-order valence-corrected chi connectivity index (χ1v) is 6.65. The van der Waals surface area contributed by atoms with E-state index in [9.17, 15) is 8.78 Å². The third kappa shape index (κ3) is 2.34. The van der Waals surface area contributed by atoms with Gasteiger partial charge in [0, 0.05) is 5.02 Å². The molecule has 0 aliphatic rings. The second-order valence-electron chi connectivity index (χ2n) is 4.43.